The number of anilines is 1. The summed E-state index contributed by atoms with van der Waals surface area (Å²) >= 11 is 0. The van der Waals surface area contributed by atoms with Crippen LogP contribution < -0.4 is 19.7 Å². The number of ether oxygens (including phenoxy) is 2. The van der Waals surface area contributed by atoms with Crippen LogP contribution in [0.1, 0.15) is 44.6 Å². The van der Waals surface area contributed by atoms with Gasteiger partial charge in [0.15, 0.2) is 0 Å². The van der Waals surface area contributed by atoms with Crippen molar-refractivity contribution in [1.29, 1.82) is 0 Å². The summed E-state index contributed by atoms with van der Waals surface area (Å²) in [6.07, 6.45) is 4.73. The molecule has 44 heavy (non-hydrogen) atoms. The lowest BCUT2D eigenvalue weighted by Gasteiger charge is -2.40. The molecule has 2 N–H and O–H groups in total. The summed E-state index contributed by atoms with van der Waals surface area (Å²) in [7, 11) is 0. The van der Waals surface area contributed by atoms with E-state index >= 15 is 0 Å². The van der Waals surface area contributed by atoms with Crippen molar-refractivity contribution in [2.24, 2.45) is 0 Å². The predicted molar refractivity (Wildman–Crippen MR) is 166 cm³/mol. The number of aromatic nitrogens is 3. The fourth-order valence-corrected chi connectivity index (χ4v) is 8.73. The molecule has 2 aromatic heterocycles. The van der Waals surface area contributed by atoms with Crippen LogP contribution in [-0.4, -0.2) is 87.6 Å². The van der Waals surface area contributed by atoms with E-state index in [2.05, 4.69) is 28.1 Å². The van der Waals surface area contributed by atoms with Crippen molar-refractivity contribution in [3.8, 4) is 28.9 Å². The van der Waals surface area contributed by atoms with Gasteiger partial charge in [0.1, 0.15) is 36.3 Å². The highest BCUT2D eigenvalue weighted by Crippen LogP contribution is 2.44. The van der Waals surface area contributed by atoms with Gasteiger partial charge in [0, 0.05) is 37.2 Å². The molecule has 10 heteroatoms. The summed E-state index contributed by atoms with van der Waals surface area (Å²) in [5.41, 5.74) is 3.10. The molecule has 228 valence electrons. The van der Waals surface area contributed by atoms with Crippen LogP contribution in [0.5, 0.6) is 17.6 Å². The van der Waals surface area contributed by atoms with E-state index < -0.39 is 6.17 Å². The molecule has 0 radical (unpaired) electrons. The monoisotopic (exact) mass is 596 g/mol. The fraction of sp³-hybridized carbons (Fsp3) is 0.500. The van der Waals surface area contributed by atoms with E-state index in [0.29, 0.717) is 61.4 Å². The van der Waals surface area contributed by atoms with Crippen molar-refractivity contribution in [3.05, 3.63) is 42.0 Å². The molecule has 4 aromatic rings. The van der Waals surface area contributed by atoms with E-state index in [9.17, 15) is 9.50 Å². The first-order chi connectivity index (χ1) is 21.5. The zero-order valence-corrected chi connectivity index (χ0v) is 24.9. The maximum Gasteiger partial charge on any atom is 0.319 e. The molecule has 0 amide bonds. The number of halogens is 1. The number of benzene rings is 2. The van der Waals surface area contributed by atoms with Gasteiger partial charge in [-0.1, -0.05) is 25.1 Å². The second-order valence-corrected chi connectivity index (χ2v) is 13.3. The molecule has 2 bridgehead atoms. The number of phenols is 1. The van der Waals surface area contributed by atoms with E-state index in [4.69, 9.17) is 24.4 Å². The zero-order chi connectivity index (χ0) is 29.6. The first-order valence-electron chi connectivity index (χ1n) is 16.1. The minimum absolute atomic E-state index is 0.108. The number of pyridine rings is 1. The summed E-state index contributed by atoms with van der Waals surface area (Å²) in [5.74, 6) is 1.49. The molecule has 7 heterocycles. The van der Waals surface area contributed by atoms with Gasteiger partial charge in [0.2, 0.25) is 5.88 Å². The average Bonchev–Trinajstić information content (AvgIpc) is 3.66. The van der Waals surface area contributed by atoms with E-state index in [1.54, 1.807) is 12.1 Å². The van der Waals surface area contributed by atoms with Crippen LogP contribution >= 0.6 is 0 Å². The molecule has 4 saturated heterocycles. The Hall–Kier alpha value is -3.76. The van der Waals surface area contributed by atoms with Crippen molar-refractivity contribution in [2.75, 3.05) is 37.7 Å². The Morgan fingerprint density at radius 3 is 2.98 bits per heavy atom. The number of aromatic hydroxyl groups is 1. The summed E-state index contributed by atoms with van der Waals surface area (Å²) < 4.78 is 27.5. The van der Waals surface area contributed by atoms with Gasteiger partial charge in [-0.2, -0.15) is 9.97 Å². The van der Waals surface area contributed by atoms with Crippen molar-refractivity contribution in [2.45, 2.75) is 75.3 Å². The van der Waals surface area contributed by atoms with Gasteiger partial charge in [0.25, 0.3) is 0 Å². The van der Waals surface area contributed by atoms with Gasteiger partial charge in [-0.25, -0.2) is 9.37 Å². The third-order valence-corrected chi connectivity index (χ3v) is 10.8. The molecule has 5 aliphatic heterocycles. The third-order valence-electron chi connectivity index (χ3n) is 10.8. The normalized spacial score (nSPS) is 29.1. The van der Waals surface area contributed by atoms with Crippen LogP contribution in [0, 0.1) is 0 Å². The summed E-state index contributed by atoms with van der Waals surface area (Å²) in [6.45, 7) is 5.21. The number of piperazine rings is 1. The van der Waals surface area contributed by atoms with Crippen LogP contribution in [0.3, 0.4) is 0 Å². The number of nitrogens with one attached hydrogen (secondary N) is 1. The van der Waals surface area contributed by atoms with Crippen LogP contribution in [0.4, 0.5) is 10.2 Å². The second kappa shape index (κ2) is 9.87. The third kappa shape index (κ3) is 4.06. The fourth-order valence-electron chi connectivity index (χ4n) is 8.73. The molecular formula is C34H37FN6O3. The molecule has 5 aliphatic rings. The van der Waals surface area contributed by atoms with Gasteiger partial charge in [-0.15, -0.1) is 0 Å². The van der Waals surface area contributed by atoms with E-state index in [1.165, 1.54) is 5.56 Å². The molecule has 0 spiro atoms. The SMILES string of the molecule is CCc1cccc2cc(O)cc(-c3cc4nc(OC[C@]56CCCN5C[C@H](F)C6)nc5c4c(n3)OC[C@H]3[C@@H]4CCC(CN53)N4)c12. The molecule has 5 atom stereocenters. The number of aryl methyl sites for hydroxylation is 1. The lowest BCUT2D eigenvalue weighted by atomic mass is 9.95. The Bertz CT molecular complexity index is 1800. The van der Waals surface area contributed by atoms with Gasteiger partial charge in [0.05, 0.1) is 22.8 Å². The standard InChI is InChI=1S/C34H37FN6O3/c1-2-19-5-3-6-20-11-23(42)12-24(29(19)20)26-13-27-30-31(41-16-22-7-8-25(36-22)28(41)17-43-32(30)37-26)39-33(38-27)44-18-34-9-4-10-40(34)15-21(35)14-34/h3,5-6,11-13,21-22,25,28,36,42H,2,4,7-10,14-18H2,1H3/t21-,22?,25+,28+,34-/m1/s1. The first-order valence-corrected chi connectivity index (χ1v) is 16.1. The minimum Gasteiger partial charge on any atom is -0.508 e. The highest BCUT2D eigenvalue weighted by molar-refractivity contribution is 6.02. The Morgan fingerprint density at radius 2 is 2.07 bits per heavy atom. The van der Waals surface area contributed by atoms with Crippen molar-refractivity contribution in [3.63, 3.8) is 0 Å². The predicted octanol–water partition coefficient (Wildman–Crippen LogP) is 4.77. The van der Waals surface area contributed by atoms with E-state index in [1.807, 2.05) is 18.2 Å². The molecule has 9 rings (SSSR count). The molecule has 9 nitrogen and oxygen atoms in total. The summed E-state index contributed by atoms with van der Waals surface area (Å²) in [4.78, 5) is 19.7. The second-order valence-electron chi connectivity index (χ2n) is 13.3. The zero-order valence-electron chi connectivity index (χ0n) is 24.9. The lowest BCUT2D eigenvalue weighted by Crippen LogP contribution is -2.60. The maximum atomic E-state index is 14.5. The molecule has 1 unspecified atom stereocenters. The van der Waals surface area contributed by atoms with Crippen LogP contribution in [0.2, 0.25) is 0 Å². The molecular weight excluding hydrogens is 559 g/mol. The number of hydrogen-bond acceptors (Lipinski definition) is 9. The minimum atomic E-state index is -0.823. The van der Waals surface area contributed by atoms with E-state index in [-0.39, 0.29) is 17.3 Å². The Kier molecular flexibility index (Phi) is 5.97. The number of nitrogens with zero attached hydrogens (tertiary/aromatic N) is 5. The van der Waals surface area contributed by atoms with Crippen molar-refractivity contribution < 1.29 is 19.0 Å². The van der Waals surface area contributed by atoms with Crippen molar-refractivity contribution in [1.82, 2.24) is 25.2 Å². The topological polar surface area (TPSA) is 95.9 Å². The average molecular weight is 597 g/mol. The number of alkyl halides is 1. The maximum absolute atomic E-state index is 14.5. The molecule has 4 fully saturated rings. The number of fused-ring (bicyclic) bond motifs is 7. The smallest absolute Gasteiger partial charge is 0.319 e. The van der Waals surface area contributed by atoms with Crippen molar-refractivity contribution >= 4 is 27.5 Å². The number of hydrogen-bond donors (Lipinski definition) is 2. The number of rotatable bonds is 5. The largest absolute Gasteiger partial charge is 0.508 e. The van der Waals surface area contributed by atoms with Gasteiger partial charge < -0.3 is 24.8 Å². The van der Waals surface area contributed by atoms with Crippen LogP contribution in [0.15, 0.2) is 36.4 Å². The molecule has 0 aliphatic carbocycles. The van der Waals surface area contributed by atoms with E-state index in [0.717, 1.165) is 72.7 Å². The Labute approximate surface area is 255 Å². The lowest BCUT2D eigenvalue weighted by molar-refractivity contribution is 0.107. The highest BCUT2D eigenvalue weighted by Gasteiger charge is 2.50. The van der Waals surface area contributed by atoms with Gasteiger partial charge in [-0.3, -0.25) is 4.90 Å². The summed E-state index contributed by atoms with van der Waals surface area (Å²) in [5, 5.41) is 17.3. The Balaban J connectivity index is 1.21. The highest BCUT2D eigenvalue weighted by atomic mass is 19.1. The molecule has 2 aromatic carbocycles. The Morgan fingerprint density at radius 1 is 1.14 bits per heavy atom. The van der Waals surface area contributed by atoms with Gasteiger partial charge in [-0.05, 0) is 73.2 Å². The molecule has 0 saturated carbocycles. The summed E-state index contributed by atoms with van der Waals surface area (Å²) in [6, 6.07) is 12.9. The van der Waals surface area contributed by atoms with Crippen LogP contribution in [-0.2, 0) is 6.42 Å². The number of phenolic OH excluding ortho intramolecular Hbond substituents is 1. The first kappa shape index (κ1) is 26.6. The quantitative estimate of drug-likeness (QED) is 0.338. The van der Waals surface area contributed by atoms with Gasteiger partial charge >= 0.3 is 6.01 Å². The van der Waals surface area contributed by atoms with Crippen LogP contribution in [0.25, 0.3) is 32.9 Å².